The molecule has 0 amide bonds. The fourth-order valence-electron chi connectivity index (χ4n) is 8.55. The van der Waals surface area contributed by atoms with Crippen LogP contribution in [-0.4, -0.2) is 3.21 Å². The molecule has 0 nitrogen and oxygen atoms in total. The molecule has 320 valence electrons. The maximum Gasteiger partial charge on any atom is -0.109 e. The van der Waals surface area contributed by atoms with Gasteiger partial charge in [0.25, 0.3) is 0 Å². The predicted octanol–water partition coefficient (Wildman–Crippen LogP) is 10.7. The van der Waals surface area contributed by atoms with Crippen molar-refractivity contribution in [1.82, 2.24) is 0 Å². The summed E-state index contributed by atoms with van der Waals surface area (Å²) in [5, 5.41) is 6.15. The van der Waals surface area contributed by atoms with Gasteiger partial charge in [-0.15, -0.1) is 35.2 Å². The van der Waals surface area contributed by atoms with E-state index in [1.807, 2.05) is 36.4 Å². The van der Waals surface area contributed by atoms with Gasteiger partial charge in [0.15, 0.2) is 0 Å². The minimum Gasteiger partial charge on any atom is -1.00 e. The first-order valence-corrected chi connectivity index (χ1v) is 23.3. The number of halogens is 4. The molecule has 10 rings (SSSR count). The first-order valence-electron chi connectivity index (χ1n) is 21.3. The molecule has 0 atom stereocenters. The summed E-state index contributed by atoms with van der Waals surface area (Å²) < 4.78 is 1.31. The summed E-state index contributed by atoms with van der Waals surface area (Å²) in [6.07, 6.45) is 10.9. The number of benzene rings is 8. The van der Waals surface area contributed by atoms with Gasteiger partial charge in [0.1, 0.15) is 0 Å². The number of allylic oxidation sites excluding steroid dienone is 4. The maximum atomic E-state index is 6.38. The molecule has 2 aliphatic carbocycles. The Balaban J connectivity index is 0.000000193. The second-order valence-electron chi connectivity index (χ2n) is 18.1. The summed E-state index contributed by atoms with van der Waals surface area (Å²) in [5.41, 5.74) is 16.0. The molecular formula is C59H50Cl4Zr-2. The van der Waals surface area contributed by atoms with E-state index in [4.69, 9.17) is 23.2 Å². The van der Waals surface area contributed by atoms with E-state index in [0.717, 1.165) is 33.7 Å². The summed E-state index contributed by atoms with van der Waals surface area (Å²) in [4.78, 5) is 0. The number of rotatable bonds is 4. The normalized spacial score (nSPS) is 12.3. The largest absolute Gasteiger partial charge is 1.00 e. The van der Waals surface area contributed by atoms with Crippen LogP contribution in [0.4, 0.5) is 0 Å². The summed E-state index contributed by atoms with van der Waals surface area (Å²) >= 11 is 14.1. The molecule has 0 heterocycles. The van der Waals surface area contributed by atoms with Gasteiger partial charge in [-0.3, -0.25) is 6.08 Å². The maximum absolute atomic E-state index is 6.38. The van der Waals surface area contributed by atoms with E-state index in [1.54, 1.807) is 0 Å². The average molecular weight is 992 g/mol. The summed E-state index contributed by atoms with van der Waals surface area (Å²) in [5.74, 6) is 0. The van der Waals surface area contributed by atoms with E-state index in [2.05, 4.69) is 187 Å². The molecule has 0 N–H and O–H groups in total. The standard InChI is InChI=1S/C33H33.C21H12Cl2.C5H5.2ClH.Zr/c1-32(2,3)30-20-26-24(18-28(30)22-13-9-7-10-14-22)17-25-19-29(23-15-11-8-12-16-23)31(21-27(25)26)33(4,5)6;22-20-11-9-14(16-5-1-3-7-18(16)20)13-15-10-12-21(23)19-8-4-2-6-17(15)19;1-2-4-5-3-1;;;/h7-16,18,20-21H,17H2,1-6H3;1-12H;1-3H,4H2;2*1H;/q-1;;-1;;;+2/p-2. The van der Waals surface area contributed by atoms with Gasteiger partial charge in [-0.1, -0.05) is 131 Å². The van der Waals surface area contributed by atoms with Crippen LogP contribution >= 0.6 is 23.2 Å². The van der Waals surface area contributed by atoms with Crippen molar-refractivity contribution in [2.75, 3.05) is 0 Å². The average Bonchev–Trinajstić information content (AvgIpc) is 3.98. The summed E-state index contributed by atoms with van der Waals surface area (Å²) in [6.45, 7) is 13.9. The van der Waals surface area contributed by atoms with Crippen molar-refractivity contribution in [2.24, 2.45) is 0 Å². The smallest absolute Gasteiger partial charge is 0.109 e. The van der Waals surface area contributed by atoms with E-state index in [-0.39, 0.29) is 35.6 Å². The molecule has 0 bridgehead atoms. The van der Waals surface area contributed by atoms with E-state index in [9.17, 15) is 0 Å². The third-order valence-corrected chi connectivity index (χ3v) is 13.7. The van der Waals surface area contributed by atoms with Gasteiger partial charge in [-0.05, 0) is 39.5 Å². The Labute approximate surface area is 417 Å². The van der Waals surface area contributed by atoms with Crippen LogP contribution in [0.25, 0.3) is 54.9 Å². The fourth-order valence-corrected chi connectivity index (χ4v) is 10.1. The minimum atomic E-state index is 0. The second kappa shape index (κ2) is 20.9. The van der Waals surface area contributed by atoms with Crippen LogP contribution in [-0.2, 0) is 41.5 Å². The molecule has 2 aliphatic rings. The molecule has 0 spiro atoms. The molecule has 0 unspecified atom stereocenters. The Morgan fingerprint density at radius 2 is 1.02 bits per heavy atom. The molecule has 0 saturated carbocycles. The van der Waals surface area contributed by atoms with Crippen LogP contribution in [0, 0.1) is 12.1 Å². The van der Waals surface area contributed by atoms with Gasteiger partial charge >= 0.3 is 166 Å². The molecule has 64 heavy (non-hydrogen) atoms. The van der Waals surface area contributed by atoms with Crippen LogP contribution < -0.4 is 24.8 Å². The number of fused-ring (bicyclic) bond motifs is 5. The SMILES string of the molecule is CC(C)(C)c1cc2c([c-]c1-c1ccccc1)Cc1cc(-c3ccccc3)c(C(C)(C)C)cc1-2.Clc1ccc([C](=[Zr+2])c2ccc(Cl)c3ccccc23)c2ccccc12.[C-]1=CC=CC1.[Cl-].[Cl-]. The van der Waals surface area contributed by atoms with Crippen molar-refractivity contribution in [3.63, 3.8) is 0 Å². The molecule has 0 aromatic heterocycles. The van der Waals surface area contributed by atoms with Crippen molar-refractivity contribution >= 4 is 48.0 Å². The first kappa shape index (κ1) is 49.1. The monoisotopic (exact) mass is 988 g/mol. The third kappa shape index (κ3) is 10.5. The van der Waals surface area contributed by atoms with Gasteiger partial charge in [0.2, 0.25) is 0 Å². The van der Waals surface area contributed by atoms with Crippen molar-refractivity contribution in [1.29, 1.82) is 0 Å². The number of hydrogen-bond acceptors (Lipinski definition) is 0. The van der Waals surface area contributed by atoms with Crippen LogP contribution in [0.15, 0.2) is 170 Å². The van der Waals surface area contributed by atoms with Gasteiger partial charge in [-0.2, -0.15) is 6.08 Å². The van der Waals surface area contributed by atoms with Crippen molar-refractivity contribution in [3.8, 4) is 33.4 Å². The molecule has 8 aromatic carbocycles. The minimum absolute atomic E-state index is 0. The molecule has 0 aliphatic heterocycles. The Hall–Kier alpha value is -4.33. The fraction of sp³-hybridized carbons (Fsp3) is 0.169. The van der Waals surface area contributed by atoms with Gasteiger partial charge < -0.3 is 24.8 Å². The van der Waals surface area contributed by atoms with Crippen LogP contribution in [0.2, 0.25) is 10.0 Å². The van der Waals surface area contributed by atoms with Gasteiger partial charge in [0.05, 0.1) is 0 Å². The Kier molecular flexibility index (Phi) is 16.0. The van der Waals surface area contributed by atoms with Crippen LogP contribution in [0.3, 0.4) is 0 Å². The van der Waals surface area contributed by atoms with E-state index in [1.165, 1.54) is 105 Å². The van der Waals surface area contributed by atoms with Gasteiger partial charge in [-0.25, -0.2) is 12.2 Å². The van der Waals surface area contributed by atoms with Crippen LogP contribution in [0.5, 0.6) is 0 Å². The van der Waals surface area contributed by atoms with Crippen molar-refractivity contribution in [3.05, 3.63) is 225 Å². The molecule has 5 heteroatoms. The topological polar surface area (TPSA) is 0 Å². The predicted molar refractivity (Wildman–Crippen MR) is 264 cm³/mol. The van der Waals surface area contributed by atoms with E-state index >= 15 is 0 Å². The zero-order chi connectivity index (χ0) is 43.6. The zero-order valence-corrected chi connectivity index (χ0v) is 42.6. The Morgan fingerprint density at radius 1 is 0.531 bits per heavy atom. The summed E-state index contributed by atoms with van der Waals surface area (Å²) in [7, 11) is 0. The second-order valence-corrected chi connectivity index (χ2v) is 20.1. The Morgan fingerprint density at radius 3 is 1.48 bits per heavy atom. The zero-order valence-electron chi connectivity index (χ0n) is 37.1. The quantitative estimate of drug-likeness (QED) is 0.154. The first-order chi connectivity index (χ1) is 29.8. The number of hydrogen-bond donors (Lipinski definition) is 0. The van der Waals surface area contributed by atoms with Crippen molar-refractivity contribution < 1.29 is 49.0 Å². The third-order valence-electron chi connectivity index (χ3n) is 11.7. The molecular weight excluding hydrogens is 942 g/mol. The molecule has 0 fully saturated rings. The molecule has 0 saturated heterocycles. The van der Waals surface area contributed by atoms with Crippen LogP contribution in [0.1, 0.15) is 81.3 Å². The molecule has 0 radical (unpaired) electrons. The van der Waals surface area contributed by atoms with E-state index in [0.29, 0.717) is 0 Å². The Bertz CT molecular complexity index is 2800. The van der Waals surface area contributed by atoms with Crippen molar-refractivity contribution in [2.45, 2.75) is 65.2 Å². The summed E-state index contributed by atoms with van der Waals surface area (Å²) in [6, 6.07) is 57.6. The molecule has 8 aromatic rings. The van der Waals surface area contributed by atoms with Gasteiger partial charge in [0, 0.05) is 0 Å². The van der Waals surface area contributed by atoms with E-state index < -0.39 is 0 Å².